The van der Waals surface area contributed by atoms with Crippen LogP contribution in [0.4, 0.5) is 0 Å². The summed E-state index contributed by atoms with van der Waals surface area (Å²) in [4.78, 5) is 0.312. The number of hydrogen-bond donors (Lipinski definition) is 0. The van der Waals surface area contributed by atoms with Crippen LogP contribution in [0.5, 0.6) is 0 Å². The van der Waals surface area contributed by atoms with Crippen LogP contribution in [0, 0.1) is 16.7 Å². The highest BCUT2D eigenvalue weighted by Gasteiger charge is 2.17. The van der Waals surface area contributed by atoms with Crippen molar-refractivity contribution in [1.29, 1.82) is 5.26 Å². The van der Waals surface area contributed by atoms with Crippen LogP contribution < -0.4 is 0 Å². The fourth-order valence-electron chi connectivity index (χ4n) is 1.54. The van der Waals surface area contributed by atoms with Gasteiger partial charge in [0.05, 0.1) is 16.4 Å². The summed E-state index contributed by atoms with van der Waals surface area (Å²) in [5.41, 5.74) is 0.809. The average molecular weight is 326 g/mol. The largest absolute Gasteiger partial charge is 0.242 e. The van der Waals surface area contributed by atoms with Gasteiger partial charge in [-0.15, -0.1) is 0 Å². The maximum Gasteiger partial charge on any atom is 0.242 e. The van der Waals surface area contributed by atoms with Crippen LogP contribution in [-0.4, -0.2) is 32.6 Å². The van der Waals surface area contributed by atoms with Crippen LogP contribution in [-0.2, 0) is 15.8 Å². The van der Waals surface area contributed by atoms with Crippen molar-refractivity contribution in [2.45, 2.75) is 30.9 Å². The molecule has 0 aliphatic carbocycles. The summed E-state index contributed by atoms with van der Waals surface area (Å²) >= 11 is 1.76. The lowest BCUT2D eigenvalue weighted by Crippen LogP contribution is -2.22. The molecular weight excluding hydrogens is 304 g/mol. The third-order valence-electron chi connectivity index (χ3n) is 3.14. The van der Waals surface area contributed by atoms with Gasteiger partial charge in [-0.25, -0.2) is 12.7 Å². The highest BCUT2D eigenvalue weighted by Crippen LogP contribution is 2.23. The number of nitriles is 1. The number of rotatable bonds is 7. The van der Waals surface area contributed by atoms with Crippen LogP contribution >= 0.6 is 11.8 Å². The van der Waals surface area contributed by atoms with Crippen molar-refractivity contribution in [1.82, 2.24) is 4.31 Å². The van der Waals surface area contributed by atoms with Crippen LogP contribution in [0.25, 0.3) is 0 Å². The van der Waals surface area contributed by atoms with E-state index in [2.05, 4.69) is 6.07 Å². The van der Waals surface area contributed by atoms with E-state index in [0.717, 1.165) is 23.5 Å². The van der Waals surface area contributed by atoms with Crippen molar-refractivity contribution in [3.63, 3.8) is 0 Å². The SMILES string of the molecule is CN(C)S(=O)(=O)c1ccc(CSCCC(C)(C)C#N)cc1. The van der Waals surface area contributed by atoms with Gasteiger partial charge >= 0.3 is 0 Å². The standard InChI is InChI=1S/C15H22N2O2S2/c1-15(2,12-16)9-10-20-11-13-5-7-14(8-6-13)21(18,19)17(3)4/h5-8H,9-11H2,1-4H3. The second-order valence-corrected chi connectivity index (χ2v) is 8.99. The van der Waals surface area contributed by atoms with Gasteiger partial charge in [0.2, 0.25) is 10.0 Å². The molecule has 0 radical (unpaired) electrons. The second-order valence-electron chi connectivity index (χ2n) is 5.73. The summed E-state index contributed by atoms with van der Waals surface area (Å²) in [5, 5.41) is 8.94. The number of benzene rings is 1. The van der Waals surface area contributed by atoms with Crippen molar-refractivity contribution in [3.8, 4) is 6.07 Å². The Labute approximate surface area is 132 Å². The summed E-state index contributed by atoms with van der Waals surface area (Å²) < 4.78 is 25.1. The van der Waals surface area contributed by atoms with E-state index in [1.54, 1.807) is 23.9 Å². The predicted octanol–water partition coefficient (Wildman–Crippen LogP) is 3.11. The minimum Gasteiger partial charge on any atom is -0.207 e. The molecule has 0 unspecified atom stereocenters. The van der Waals surface area contributed by atoms with E-state index < -0.39 is 10.0 Å². The molecule has 0 atom stereocenters. The number of nitrogens with zero attached hydrogens (tertiary/aromatic N) is 2. The molecule has 1 aromatic rings. The molecule has 21 heavy (non-hydrogen) atoms. The summed E-state index contributed by atoms with van der Waals surface area (Å²) in [6, 6.07) is 9.27. The molecule has 0 bridgehead atoms. The molecular formula is C15H22N2O2S2. The maximum absolute atomic E-state index is 11.9. The fraction of sp³-hybridized carbons (Fsp3) is 0.533. The third kappa shape index (κ3) is 5.34. The van der Waals surface area contributed by atoms with Crippen molar-refractivity contribution in [2.75, 3.05) is 19.8 Å². The zero-order valence-corrected chi connectivity index (χ0v) is 14.6. The summed E-state index contributed by atoms with van der Waals surface area (Å²) in [6.45, 7) is 3.88. The van der Waals surface area contributed by atoms with E-state index >= 15 is 0 Å². The zero-order chi connectivity index (χ0) is 16.1. The smallest absolute Gasteiger partial charge is 0.207 e. The van der Waals surface area contributed by atoms with E-state index in [1.165, 1.54) is 18.4 Å². The summed E-state index contributed by atoms with van der Waals surface area (Å²) in [6.07, 6.45) is 0.848. The lowest BCUT2D eigenvalue weighted by Gasteiger charge is -2.14. The van der Waals surface area contributed by atoms with Crippen molar-refractivity contribution in [3.05, 3.63) is 29.8 Å². The Hall–Kier alpha value is -1.03. The van der Waals surface area contributed by atoms with Gasteiger partial charge in [0.1, 0.15) is 0 Å². The van der Waals surface area contributed by atoms with Gasteiger partial charge in [-0.3, -0.25) is 0 Å². The topological polar surface area (TPSA) is 61.2 Å². The lowest BCUT2D eigenvalue weighted by atomic mass is 9.93. The van der Waals surface area contributed by atoms with Crippen LogP contribution in [0.1, 0.15) is 25.8 Å². The highest BCUT2D eigenvalue weighted by atomic mass is 32.2. The number of hydrogen-bond acceptors (Lipinski definition) is 4. The van der Waals surface area contributed by atoms with E-state index in [0.29, 0.717) is 4.90 Å². The van der Waals surface area contributed by atoms with E-state index in [1.807, 2.05) is 26.0 Å². The quantitative estimate of drug-likeness (QED) is 0.722. The third-order valence-corrected chi connectivity index (χ3v) is 6.00. The Morgan fingerprint density at radius 3 is 2.29 bits per heavy atom. The highest BCUT2D eigenvalue weighted by molar-refractivity contribution is 7.98. The van der Waals surface area contributed by atoms with E-state index in [4.69, 9.17) is 5.26 Å². The van der Waals surface area contributed by atoms with Gasteiger partial charge in [0.15, 0.2) is 0 Å². The molecule has 0 N–H and O–H groups in total. The molecule has 0 aliphatic heterocycles. The van der Waals surface area contributed by atoms with E-state index in [-0.39, 0.29) is 5.41 Å². The van der Waals surface area contributed by atoms with Crippen LogP contribution in [0.3, 0.4) is 0 Å². The molecule has 0 amide bonds. The fourth-order valence-corrected chi connectivity index (χ4v) is 3.67. The molecule has 4 nitrogen and oxygen atoms in total. The predicted molar refractivity (Wildman–Crippen MR) is 87.5 cm³/mol. The number of thioether (sulfide) groups is 1. The first-order valence-electron chi connectivity index (χ1n) is 6.69. The molecule has 0 aliphatic rings. The molecule has 116 valence electrons. The minimum atomic E-state index is -3.35. The average Bonchev–Trinajstić information content (AvgIpc) is 2.44. The van der Waals surface area contributed by atoms with Gasteiger partial charge in [0, 0.05) is 19.8 Å². The van der Waals surface area contributed by atoms with Crippen molar-refractivity contribution < 1.29 is 8.42 Å². The van der Waals surface area contributed by atoms with Gasteiger partial charge < -0.3 is 0 Å². The molecule has 6 heteroatoms. The maximum atomic E-state index is 11.9. The number of sulfonamides is 1. The van der Waals surface area contributed by atoms with E-state index in [9.17, 15) is 8.42 Å². The Balaban J connectivity index is 2.55. The molecule has 0 saturated heterocycles. The molecule has 0 aromatic heterocycles. The second kappa shape index (κ2) is 7.30. The van der Waals surface area contributed by atoms with Crippen molar-refractivity contribution in [2.24, 2.45) is 5.41 Å². The Bertz CT molecular complexity index is 600. The minimum absolute atomic E-state index is 0.281. The molecule has 0 spiro atoms. The Morgan fingerprint density at radius 2 is 1.81 bits per heavy atom. The molecule has 0 saturated carbocycles. The zero-order valence-electron chi connectivity index (χ0n) is 13.0. The molecule has 0 heterocycles. The molecule has 0 fully saturated rings. The van der Waals surface area contributed by atoms with Crippen LogP contribution in [0.2, 0.25) is 0 Å². The first-order chi connectivity index (χ1) is 9.69. The molecule has 1 aromatic carbocycles. The summed E-state index contributed by atoms with van der Waals surface area (Å²) in [7, 11) is -0.303. The van der Waals surface area contributed by atoms with Crippen LogP contribution in [0.15, 0.2) is 29.2 Å². The Kier molecular flexibility index (Phi) is 6.26. The van der Waals surface area contributed by atoms with Gasteiger partial charge in [-0.2, -0.15) is 17.0 Å². The monoisotopic (exact) mass is 326 g/mol. The van der Waals surface area contributed by atoms with Gasteiger partial charge in [-0.05, 0) is 43.7 Å². The Morgan fingerprint density at radius 1 is 1.24 bits per heavy atom. The van der Waals surface area contributed by atoms with Gasteiger partial charge in [0.25, 0.3) is 0 Å². The normalized spacial score (nSPS) is 12.4. The molecule has 1 rings (SSSR count). The lowest BCUT2D eigenvalue weighted by molar-refractivity contribution is 0.482. The van der Waals surface area contributed by atoms with Crippen molar-refractivity contribution >= 4 is 21.8 Å². The first kappa shape index (κ1) is 18.0. The first-order valence-corrected chi connectivity index (χ1v) is 9.29. The van der Waals surface area contributed by atoms with Gasteiger partial charge in [-0.1, -0.05) is 12.1 Å². The summed E-state index contributed by atoms with van der Waals surface area (Å²) in [5.74, 6) is 1.74.